The largest absolute Gasteiger partial charge is 0.360 e. The lowest BCUT2D eigenvalue weighted by Gasteiger charge is -2.51. The van der Waals surface area contributed by atoms with Gasteiger partial charge in [0.15, 0.2) is 0 Å². The van der Waals surface area contributed by atoms with Crippen LogP contribution in [0.5, 0.6) is 0 Å². The molecule has 2 aromatic rings. The molecule has 1 saturated heterocycles. The number of nitrogens with zero attached hydrogens (tertiary/aromatic N) is 2. The van der Waals surface area contributed by atoms with E-state index in [1.807, 2.05) is 0 Å². The summed E-state index contributed by atoms with van der Waals surface area (Å²) in [7, 11) is 0. The quantitative estimate of drug-likeness (QED) is 0.798. The number of benzene rings is 1. The zero-order valence-corrected chi connectivity index (χ0v) is 13.3. The molecule has 0 spiro atoms. The van der Waals surface area contributed by atoms with Gasteiger partial charge in [0.2, 0.25) is 0 Å². The first kappa shape index (κ1) is 13.1. The highest BCUT2D eigenvalue weighted by atomic mass is 16.5. The number of fused-ring (bicyclic) bond motifs is 3. The predicted octanol–water partition coefficient (Wildman–Crippen LogP) is 3.72. The Labute approximate surface area is 131 Å². The topological polar surface area (TPSA) is 17.4 Å². The van der Waals surface area contributed by atoms with Crippen LogP contribution in [0, 0.1) is 5.41 Å². The van der Waals surface area contributed by atoms with E-state index in [4.69, 9.17) is 4.74 Å². The average molecular weight is 296 g/mol. The molecule has 116 valence electrons. The third-order valence-electron chi connectivity index (χ3n) is 6.41. The Hall–Kier alpha value is -1.32. The second-order valence-electron chi connectivity index (χ2n) is 7.29. The molecule has 0 bridgehead atoms. The van der Waals surface area contributed by atoms with Crippen LogP contribution >= 0.6 is 0 Å². The Bertz CT molecular complexity index is 734. The fourth-order valence-corrected chi connectivity index (χ4v) is 5.32. The molecule has 2 atom stereocenters. The summed E-state index contributed by atoms with van der Waals surface area (Å²) < 4.78 is 8.69. The molecule has 0 N–H and O–H groups in total. The van der Waals surface area contributed by atoms with E-state index in [1.54, 1.807) is 11.3 Å². The van der Waals surface area contributed by atoms with Crippen molar-refractivity contribution in [2.75, 3.05) is 19.7 Å². The molecule has 0 aliphatic carbocycles. The molecule has 3 heteroatoms. The summed E-state index contributed by atoms with van der Waals surface area (Å²) in [5.74, 6) is 0. The third-order valence-corrected chi connectivity index (χ3v) is 6.41. The molecule has 0 amide bonds. The Kier molecular flexibility index (Phi) is 2.74. The molecular formula is C19H24N2O. The normalized spacial score (nSPS) is 31.0. The van der Waals surface area contributed by atoms with Crippen LogP contribution in [0.3, 0.4) is 0 Å². The van der Waals surface area contributed by atoms with Gasteiger partial charge < -0.3 is 9.30 Å². The monoisotopic (exact) mass is 296 g/mol. The summed E-state index contributed by atoms with van der Waals surface area (Å²) in [5.41, 5.74) is 4.86. The molecular weight excluding hydrogens is 272 g/mol. The molecule has 1 fully saturated rings. The van der Waals surface area contributed by atoms with E-state index in [2.05, 4.69) is 40.7 Å². The predicted molar refractivity (Wildman–Crippen MR) is 87.9 cm³/mol. The standard InChI is InChI=1S/C19H24N2O/c1-2-19-9-5-10-20-11-8-15-14-6-3-4-7-16(14)21(13-22-12-19)17(15)18(19)20/h3-4,6-7,18H,2,5,8-13H2,1H3/t18-,19-/m0/s1. The zero-order valence-electron chi connectivity index (χ0n) is 13.3. The summed E-state index contributed by atoms with van der Waals surface area (Å²) >= 11 is 0. The summed E-state index contributed by atoms with van der Waals surface area (Å²) in [6.45, 7) is 6.47. The fraction of sp³-hybridized carbons (Fsp3) is 0.579. The minimum Gasteiger partial charge on any atom is -0.360 e. The lowest BCUT2D eigenvalue weighted by atomic mass is 9.68. The van der Waals surface area contributed by atoms with Crippen molar-refractivity contribution < 1.29 is 4.74 Å². The first-order chi connectivity index (χ1) is 10.8. The minimum absolute atomic E-state index is 0.316. The van der Waals surface area contributed by atoms with E-state index in [0.29, 0.717) is 11.5 Å². The van der Waals surface area contributed by atoms with Crippen molar-refractivity contribution in [2.45, 2.75) is 45.4 Å². The van der Waals surface area contributed by atoms with E-state index in [9.17, 15) is 0 Å². The van der Waals surface area contributed by atoms with Gasteiger partial charge in [-0.05, 0) is 43.9 Å². The molecule has 22 heavy (non-hydrogen) atoms. The lowest BCUT2D eigenvalue weighted by Crippen LogP contribution is -2.50. The smallest absolute Gasteiger partial charge is 0.123 e. The van der Waals surface area contributed by atoms with Crippen LogP contribution in [0.15, 0.2) is 24.3 Å². The highest BCUT2D eigenvalue weighted by Crippen LogP contribution is 2.53. The van der Waals surface area contributed by atoms with Crippen LogP contribution in [0.4, 0.5) is 0 Å². The maximum Gasteiger partial charge on any atom is 0.123 e. The second-order valence-corrected chi connectivity index (χ2v) is 7.29. The van der Waals surface area contributed by atoms with Crippen LogP contribution in [-0.2, 0) is 17.9 Å². The van der Waals surface area contributed by atoms with Gasteiger partial charge in [0.25, 0.3) is 0 Å². The van der Waals surface area contributed by atoms with Crippen LogP contribution in [-0.4, -0.2) is 29.2 Å². The molecule has 3 aliphatic rings. The van der Waals surface area contributed by atoms with Gasteiger partial charge in [-0.25, -0.2) is 0 Å². The molecule has 1 aromatic heterocycles. The second kappa shape index (κ2) is 4.59. The van der Waals surface area contributed by atoms with Crippen LogP contribution in [0.1, 0.15) is 43.5 Å². The first-order valence-electron chi connectivity index (χ1n) is 8.76. The van der Waals surface area contributed by atoms with E-state index >= 15 is 0 Å². The van der Waals surface area contributed by atoms with Crippen molar-refractivity contribution in [3.63, 3.8) is 0 Å². The molecule has 3 aliphatic heterocycles. The Morgan fingerprint density at radius 3 is 3.09 bits per heavy atom. The SMILES string of the molecule is CC[C@]12CCCN3CCc4c(n(c5ccccc45)COC1)[C@H]32. The number of rotatable bonds is 1. The van der Waals surface area contributed by atoms with Crippen LogP contribution < -0.4 is 0 Å². The summed E-state index contributed by atoms with van der Waals surface area (Å²) in [5, 5.41) is 1.46. The lowest BCUT2D eigenvalue weighted by molar-refractivity contribution is -0.0561. The molecule has 0 saturated carbocycles. The van der Waals surface area contributed by atoms with E-state index < -0.39 is 0 Å². The number of hydrogen-bond acceptors (Lipinski definition) is 2. The maximum absolute atomic E-state index is 6.22. The fourth-order valence-electron chi connectivity index (χ4n) is 5.32. The number of ether oxygens (including phenoxy) is 1. The highest BCUT2D eigenvalue weighted by molar-refractivity contribution is 5.86. The molecule has 1 aromatic carbocycles. The highest BCUT2D eigenvalue weighted by Gasteiger charge is 2.49. The van der Waals surface area contributed by atoms with E-state index in [1.165, 1.54) is 49.7 Å². The van der Waals surface area contributed by atoms with Crippen LogP contribution in [0.2, 0.25) is 0 Å². The van der Waals surface area contributed by atoms with Crippen molar-refractivity contribution in [1.29, 1.82) is 0 Å². The van der Waals surface area contributed by atoms with Gasteiger partial charge in [0.1, 0.15) is 6.73 Å². The van der Waals surface area contributed by atoms with Gasteiger partial charge in [-0.3, -0.25) is 4.90 Å². The Morgan fingerprint density at radius 2 is 2.18 bits per heavy atom. The number of para-hydroxylation sites is 1. The summed E-state index contributed by atoms with van der Waals surface area (Å²) in [4.78, 5) is 2.75. The minimum atomic E-state index is 0.316. The van der Waals surface area contributed by atoms with Crippen molar-refractivity contribution in [3.8, 4) is 0 Å². The van der Waals surface area contributed by atoms with Crippen LogP contribution in [0.25, 0.3) is 10.9 Å². The van der Waals surface area contributed by atoms with Crippen molar-refractivity contribution >= 4 is 10.9 Å². The maximum atomic E-state index is 6.22. The third kappa shape index (κ3) is 1.53. The van der Waals surface area contributed by atoms with E-state index in [0.717, 1.165) is 13.3 Å². The molecule has 3 nitrogen and oxygen atoms in total. The zero-order chi connectivity index (χ0) is 14.7. The van der Waals surface area contributed by atoms with Gasteiger partial charge in [0, 0.05) is 23.0 Å². The molecule has 0 radical (unpaired) electrons. The Morgan fingerprint density at radius 1 is 1.27 bits per heavy atom. The van der Waals surface area contributed by atoms with Crippen molar-refractivity contribution in [3.05, 3.63) is 35.5 Å². The van der Waals surface area contributed by atoms with E-state index in [-0.39, 0.29) is 0 Å². The molecule has 5 rings (SSSR count). The number of hydrogen-bond donors (Lipinski definition) is 0. The average Bonchev–Trinajstić information content (AvgIpc) is 2.77. The molecule has 0 unspecified atom stereocenters. The van der Waals surface area contributed by atoms with Crippen molar-refractivity contribution in [1.82, 2.24) is 9.47 Å². The van der Waals surface area contributed by atoms with Gasteiger partial charge in [-0.2, -0.15) is 0 Å². The van der Waals surface area contributed by atoms with Gasteiger partial charge in [-0.1, -0.05) is 25.1 Å². The number of aromatic nitrogens is 1. The first-order valence-corrected chi connectivity index (χ1v) is 8.76. The number of piperidine rings is 1. The van der Waals surface area contributed by atoms with Gasteiger partial charge in [-0.15, -0.1) is 0 Å². The summed E-state index contributed by atoms with van der Waals surface area (Å²) in [6.07, 6.45) is 5.04. The van der Waals surface area contributed by atoms with Gasteiger partial charge in [0.05, 0.1) is 18.2 Å². The molecule has 4 heterocycles. The van der Waals surface area contributed by atoms with Gasteiger partial charge >= 0.3 is 0 Å². The summed E-state index contributed by atoms with van der Waals surface area (Å²) in [6, 6.07) is 9.47. The Balaban J connectivity index is 1.83. The van der Waals surface area contributed by atoms with Crippen molar-refractivity contribution in [2.24, 2.45) is 5.41 Å².